The fourth-order valence-electron chi connectivity index (χ4n) is 1.92. The molecule has 0 aliphatic rings. The Labute approximate surface area is 137 Å². The number of carboxylic acids is 1. The third kappa shape index (κ3) is 4.39. The van der Waals surface area contributed by atoms with Crippen molar-refractivity contribution in [2.45, 2.75) is 12.5 Å². The zero-order chi connectivity index (χ0) is 16.1. The van der Waals surface area contributed by atoms with Crippen LogP contribution in [0.25, 0.3) is 0 Å². The molecule has 0 aliphatic carbocycles. The molecule has 0 saturated heterocycles. The molecule has 0 radical (unpaired) electrons. The Hall–Kier alpha value is -2.22. The SMILES string of the molecule is N#Cc1cc(Cl)cc(OC(Cc2cccc(Cl)c2)C(=O)O)c1. The monoisotopic (exact) mass is 335 g/mol. The maximum Gasteiger partial charge on any atom is 0.345 e. The second-order valence-corrected chi connectivity index (χ2v) is 5.44. The number of hydrogen-bond acceptors (Lipinski definition) is 3. The van der Waals surface area contributed by atoms with E-state index in [9.17, 15) is 9.90 Å². The van der Waals surface area contributed by atoms with E-state index in [0.717, 1.165) is 5.56 Å². The van der Waals surface area contributed by atoms with Gasteiger partial charge in [-0.25, -0.2) is 4.79 Å². The normalized spacial score (nSPS) is 11.5. The van der Waals surface area contributed by atoms with Crippen LogP contribution in [0.15, 0.2) is 42.5 Å². The Bertz CT molecular complexity index is 740. The quantitative estimate of drug-likeness (QED) is 0.898. The van der Waals surface area contributed by atoms with E-state index < -0.39 is 12.1 Å². The van der Waals surface area contributed by atoms with Crippen LogP contribution in [0.2, 0.25) is 10.0 Å². The van der Waals surface area contributed by atoms with Crippen LogP contribution in [0.4, 0.5) is 0 Å². The Morgan fingerprint density at radius 2 is 2.00 bits per heavy atom. The second kappa shape index (κ2) is 7.17. The maximum atomic E-state index is 11.4. The molecule has 1 unspecified atom stereocenters. The summed E-state index contributed by atoms with van der Waals surface area (Å²) < 4.78 is 5.46. The molecule has 2 aromatic rings. The first kappa shape index (κ1) is 16.2. The summed E-state index contributed by atoms with van der Waals surface area (Å²) in [5.41, 5.74) is 1.04. The zero-order valence-electron chi connectivity index (χ0n) is 11.3. The van der Waals surface area contributed by atoms with Gasteiger partial charge in [0.1, 0.15) is 5.75 Å². The van der Waals surface area contributed by atoms with Gasteiger partial charge in [0.25, 0.3) is 0 Å². The summed E-state index contributed by atoms with van der Waals surface area (Å²) >= 11 is 11.8. The average Bonchev–Trinajstić information content (AvgIpc) is 2.46. The molecular formula is C16H11Cl2NO3. The number of nitriles is 1. The van der Waals surface area contributed by atoms with E-state index in [0.29, 0.717) is 15.6 Å². The Morgan fingerprint density at radius 1 is 1.23 bits per heavy atom. The van der Waals surface area contributed by atoms with Crippen LogP contribution in [0.1, 0.15) is 11.1 Å². The van der Waals surface area contributed by atoms with E-state index in [1.165, 1.54) is 18.2 Å². The molecule has 0 aliphatic heterocycles. The number of benzene rings is 2. The van der Waals surface area contributed by atoms with E-state index in [1.807, 2.05) is 6.07 Å². The van der Waals surface area contributed by atoms with Gasteiger partial charge in [0.15, 0.2) is 6.10 Å². The minimum atomic E-state index is -1.11. The molecule has 1 N–H and O–H groups in total. The van der Waals surface area contributed by atoms with Crippen molar-refractivity contribution in [3.8, 4) is 11.8 Å². The van der Waals surface area contributed by atoms with Crippen LogP contribution in [0, 0.1) is 11.3 Å². The number of carboxylic acid groups (broad SMARTS) is 1. The van der Waals surface area contributed by atoms with Crippen molar-refractivity contribution in [3.05, 3.63) is 63.6 Å². The largest absolute Gasteiger partial charge is 0.478 e. The molecule has 1 atom stereocenters. The molecule has 0 spiro atoms. The lowest BCUT2D eigenvalue weighted by atomic mass is 10.1. The molecule has 4 nitrogen and oxygen atoms in total. The summed E-state index contributed by atoms with van der Waals surface area (Å²) in [6.45, 7) is 0. The van der Waals surface area contributed by atoms with Crippen LogP contribution in [0.5, 0.6) is 5.75 Å². The highest BCUT2D eigenvalue weighted by atomic mass is 35.5. The summed E-state index contributed by atoms with van der Waals surface area (Å²) in [5, 5.41) is 19.0. The lowest BCUT2D eigenvalue weighted by molar-refractivity contribution is -0.145. The van der Waals surface area contributed by atoms with E-state index in [1.54, 1.807) is 24.3 Å². The van der Waals surface area contributed by atoms with Crippen LogP contribution >= 0.6 is 23.2 Å². The van der Waals surface area contributed by atoms with E-state index in [4.69, 9.17) is 33.2 Å². The lowest BCUT2D eigenvalue weighted by Gasteiger charge is -2.16. The van der Waals surface area contributed by atoms with Crippen molar-refractivity contribution in [1.82, 2.24) is 0 Å². The average molecular weight is 336 g/mol. The number of rotatable bonds is 5. The molecule has 2 rings (SSSR count). The zero-order valence-corrected chi connectivity index (χ0v) is 12.8. The predicted octanol–water partition coefficient (Wildman–Crippen LogP) is 3.94. The van der Waals surface area contributed by atoms with Gasteiger partial charge < -0.3 is 9.84 Å². The number of aliphatic carboxylic acids is 1. The van der Waals surface area contributed by atoms with Crippen LogP contribution in [-0.4, -0.2) is 17.2 Å². The van der Waals surface area contributed by atoms with Gasteiger partial charge in [-0.05, 0) is 35.9 Å². The van der Waals surface area contributed by atoms with Crippen LogP contribution < -0.4 is 4.74 Å². The number of halogens is 2. The second-order valence-electron chi connectivity index (χ2n) is 4.57. The molecule has 0 fully saturated rings. The molecule has 0 saturated carbocycles. The fourth-order valence-corrected chi connectivity index (χ4v) is 2.35. The van der Waals surface area contributed by atoms with Gasteiger partial charge in [-0.2, -0.15) is 5.26 Å². The molecule has 0 heterocycles. The summed E-state index contributed by atoms with van der Waals surface area (Å²) in [7, 11) is 0. The summed E-state index contributed by atoms with van der Waals surface area (Å²) in [4.78, 5) is 11.4. The molecule has 0 bridgehead atoms. The molecule has 112 valence electrons. The van der Waals surface area contributed by atoms with E-state index >= 15 is 0 Å². The minimum Gasteiger partial charge on any atom is -0.478 e. The predicted molar refractivity (Wildman–Crippen MR) is 83.4 cm³/mol. The van der Waals surface area contributed by atoms with Crippen molar-refractivity contribution < 1.29 is 14.6 Å². The minimum absolute atomic E-state index is 0.143. The van der Waals surface area contributed by atoms with Gasteiger partial charge >= 0.3 is 5.97 Å². The fraction of sp³-hybridized carbons (Fsp3) is 0.125. The van der Waals surface area contributed by atoms with E-state index in [2.05, 4.69) is 0 Å². The lowest BCUT2D eigenvalue weighted by Crippen LogP contribution is -2.29. The Morgan fingerprint density at radius 3 is 2.64 bits per heavy atom. The molecule has 6 heteroatoms. The molecule has 22 heavy (non-hydrogen) atoms. The summed E-state index contributed by atoms with van der Waals surface area (Å²) in [6.07, 6.45) is -0.965. The third-order valence-corrected chi connectivity index (χ3v) is 3.32. The smallest absolute Gasteiger partial charge is 0.345 e. The van der Waals surface area contributed by atoms with Gasteiger partial charge in [-0.1, -0.05) is 35.3 Å². The van der Waals surface area contributed by atoms with Crippen molar-refractivity contribution in [3.63, 3.8) is 0 Å². The first-order valence-corrected chi connectivity index (χ1v) is 7.08. The number of nitrogens with zero attached hydrogens (tertiary/aromatic N) is 1. The van der Waals surface area contributed by atoms with Crippen LogP contribution in [0.3, 0.4) is 0 Å². The molecular weight excluding hydrogens is 325 g/mol. The van der Waals surface area contributed by atoms with Gasteiger partial charge in [-0.15, -0.1) is 0 Å². The Kier molecular flexibility index (Phi) is 5.26. The van der Waals surface area contributed by atoms with Crippen molar-refractivity contribution in [2.75, 3.05) is 0 Å². The third-order valence-electron chi connectivity index (χ3n) is 2.86. The van der Waals surface area contributed by atoms with Crippen molar-refractivity contribution in [2.24, 2.45) is 0 Å². The van der Waals surface area contributed by atoms with Crippen molar-refractivity contribution in [1.29, 1.82) is 5.26 Å². The first-order chi connectivity index (χ1) is 10.5. The van der Waals surface area contributed by atoms with Crippen LogP contribution in [-0.2, 0) is 11.2 Å². The molecule has 0 aromatic heterocycles. The summed E-state index contributed by atoms with van der Waals surface area (Å²) in [6, 6.07) is 13.2. The maximum absolute atomic E-state index is 11.4. The van der Waals surface area contributed by atoms with Gasteiger partial charge in [0, 0.05) is 16.5 Å². The van der Waals surface area contributed by atoms with Gasteiger partial charge in [-0.3, -0.25) is 0 Å². The van der Waals surface area contributed by atoms with Crippen molar-refractivity contribution >= 4 is 29.2 Å². The number of hydrogen-bond donors (Lipinski definition) is 1. The molecule has 0 amide bonds. The number of ether oxygens (including phenoxy) is 1. The van der Waals surface area contributed by atoms with E-state index in [-0.39, 0.29) is 12.2 Å². The number of carbonyl (C=O) groups is 1. The highest BCUT2D eigenvalue weighted by Gasteiger charge is 2.20. The van der Waals surface area contributed by atoms with Gasteiger partial charge in [0.2, 0.25) is 0 Å². The highest BCUT2D eigenvalue weighted by Crippen LogP contribution is 2.23. The molecule has 2 aromatic carbocycles. The van der Waals surface area contributed by atoms with Gasteiger partial charge in [0.05, 0.1) is 11.6 Å². The summed E-state index contributed by atoms with van der Waals surface area (Å²) in [5.74, 6) is -0.878. The standard InChI is InChI=1S/C16H11Cl2NO3/c17-12-3-1-2-10(4-12)7-15(16(20)21)22-14-6-11(9-19)5-13(18)8-14/h1-6,8,15H,7H2,(H,20,21). The topological polar surface area (TPSA) is 70.3 Å². The highest BCUT2D eigenvalue weighted by molar-refractivity contribution is 6.31. The Balaban J connectivity index is 2.21. The first-order valence-electron chi connectivity index (χ1n) is 6.32.